The van der Waals surface area contributed by atoms with Crippen LogP contribution in [-0.2, 0) is 0 Å². The Labute approximate surface area is 118 Å². The van der Waals surface area contributed by atoms with Gasteiger partial charge in [0.25, 0.3) is 5.91 Å². The predicted molar refractivity (Wildman–Crippen MR) is 77.3 cm³/mol. The molecule has 5 heteroatoms. The Hall–Kier alpha value is -2.14. The van der Waals surface area contributed by atoms with E-state index in [1.165, 1.54) is 0 Å². The molecule has 0 saturated heterocycles. The Morgan fingerprint density at radius 2 is 2.00 bits per heavy atom. The van der Waals surface area contributed by atoms with Gasteiger partial charge in [0.2, 0.25) is 11.7 Å². The van der Waals surface area contributed by atoms with Crippen LogP contribution in [0.1, 0.15) is 30.1 Å². The quantitative estimate of drug-likeness (QED) is 0.894. The number of amides is 1. The van der Waals surface area contributed by atoms with Crippen LogP contribution in [0, 0.1) is 6.92 Å². The number of aromatic nitrogens is 1. The molecule has 0 atom stereocenters. The van der Waals surface area contributed by atoms with E-state index in [0.717, 1.165) is 5.56 Å². The number of hydrogen-bond donors (Lipinski definition) is 2. The molecule has 0 aliphatic carbocycles. The Morgan fingerprint density at radius 3 is 2.60 bits per heavy atom. The highest BCUT2D eigenvalue weighted by Crippen LogP contribution is 2.21. The molecule has 5 nitrogen and oxygen atoms in total. The van der Waals surface area contributed by atoms with Crippen LogP contribution < -0.4 is 11.1 Å². The fraction of sp³-hybridized carbons (Fsp3) is 0.333. The highest BCUT2D eigenvalue weighted by Gasteiger charge is 2.24. The first-order chi connectivity index (χ1) is 9.43. The fourth-order valence-electron chi connectivity index (χ4n) is 1.73. The average molecular weight is 273 g/mol. The molecule has 1 amide bonds. The zero-order valence-electron chi connectivity index (χ0n) is 11.9. The van der Waals surface area contributed by atoms with Gasteiger partial charge in [-0.1, -0.05) is 18.2 Å². The summed E-state index contributed by atoms with van der Waals surface area (Å²) in [7, 11) is 0. The van der Waals surface area contributed by atoms with Crippen molar-refractivity contribution in [1.82, 2.24) is 10.3 Å². The summed E-state index contributed by atoms with van der Waals surface area (Å²) in [4.78, 5) is 16.5. The molecule has 1 aromatic carbocycles. The van der Waals surface area contributed by atoms with E-state index in [2.05, 4.69) is 10.3 Å². The summed E-state index contributed by atoms with van der Waals surface area (Å²) in [5, 5.41) is 2.83. The van der Waals surface area contributed by atoms with Gasteiger partial charge in [-0.15, -0.1) is 0 Å². The summed E-state index contributed by atoms with van der Waals surface area (Å²) < 4.78 is 5.59. The van der Waals surface area contributed by atoms with Gasteiger partial charge in [-0.25, -0.2) is 4.98 Å². The Kier molecular flexibility index (Phi) is 3.90. The standard InChI is InChI=1S/C15H19N3O2/c1-10-12(13(19)18-15(2,3)9-16)20-14(17-10)11-7-5-4-6-8-11/h4-8H,9,16H2,1-3H3,(H,18,19). The lowest BCUT2D eigenvalue weighted by atomic mass is 10.1. The SMILES string of the molecule is Cc1nc(-c2ccccc2)oc1C(=O)NC(C)(C)CN. The van der Waals surface area contributed by atoms with Gasteiger partial charge in [-0.3, -0.25) is 4.79 Å². The molecule has 0 spiro atoms. The minimum Gasteiger partial charge on any atom is -0.431 e. The second-order valence-electron chi connectivity index (χ2n) is 5.34. The zero-order chi connectivity index (χ0) is 14.8. The molecule has 0 aliphatic rings. The zero-order valence-corrected chi connectivity index (χ0v) is 11.9. The normalized spacial score (nSPS) is 11.4. The molecule has 2 rings (SSSR count). The number of benzene rings is 1. The van der Waals surface area contributed by atoms with E-state index < -0.39 is 5.54 Å². The van der Waals surface area contributed by atoms with Crippen molar-refractivity contribution >= 4 is 5.91 Å². The summed E-state index contributed by atoms with van der Waals surface area (Å²) in [6.07, 6.45) is 0. The van der Waals surface area contributed by atoms with Gasteiger partial charge in [-0.05, 0) is 32.9 Å². The molecule has 0 bridgehead atoms. The minimum atomic E-state index is -0.483. The Bertz CT molecular complexity index is 603. The van der Waals surface area contributed by atoms with Crippen LogP contribution >= 0.6 is 0 Å². The van der Waals surface area contributed by atoms with Gasteiger partial charge >= 0.3 is 0 Å². The van der Waals surface area contributed by atoms with E-state index in [4.69, 9.17) is 10.2 Å². The van der Waals surface area contributed by atoms with Crippen LogP contribution in [0.5, 0.6) is 0 Å². The minimum absolute atomic E-state index is 0.227. The lowest BCUT2D eigenvalue weighted by molar-refractivity contribution is 0.0887. The third-order valence-electron chi connectivity index (χ3n) is 2.99. The Balaban J connectivity index is 2.26. The van der Waals surface area contributed by atoms with Gasteiger partial charge in [0.1, 0.15) is 0 Å². The molecule has 0 radical (unpaired) electrons. The lowest BCUT2D eigenvalue weighted by Gasteiger charge is -2.23. The van der Waals surface area contributed by atoms with Crippen LogP contribution in [0.4, 0.5) is 0 Å². The molecule has 106 valence electrons. The number of nitrogens with two attached hydrogens (primary N) is 1. The van der Waals surface area contributed by atoms with Gasteiger partial charge in [0.05, 0.1) is 5.69 Å². The van der Waals surface area contributed by atoms with Crippen molar-refractivity contribution in [2.75, 3.05) is 6.54 Å². The summed E-state index contributed by atoms with van der Waals surface area (Å²) in [6, 6.07) is 9.47. The smallest absolute Gasteiger partial charge is 0.289 e. The third-order valence-corrected chi connectivity index (χ3v) is 2.99. The van der Waals surface area contributed by atoms with Crippen LogP contribution in [0.3, 0.4) is 0 Å². The van der Waals surface area contributed by atoms with Gasteiger partial charge < -0.3 is 15.5 Å². The molecule has 1 heterocycles. The molecular weight excluding hydrogens is 254 g/mol. The molecule has 3 N–H and O–H groups in total. The highest BCUT2D eigenvalue weighted by atomic mass is 16.4. The largest absolute Gasteiger partial charge is 0.431 e. The van der Waals surface area contributed by atoms with Gasteiger partial charge in [0, 0.05) is 17.6 Å². The number of rotatable bonds is 4. The van der Waals surface area contributed by atoms with E-state index in [-0.39, 0.29) is 11.7 Å². The summed E-state index contributed by atoms with van der Waals surface area (Å²) in [5.74, 6) is 0.372. The number of nitrogens with zero attached hydrogens (tertiary/aromatic N) is 1. The number of carbonyl (C=O) groups is 1. The van der Waals surface area contributed by atoms with E-state index in [1.807, 2.05) is 44.2 Å². The Morgan fingerprint density at radius 1 is 1.35 bits per heavy atom. The van der Waals surface area contributed by atoms with Crippen molar-refractivity contribution in [2.45, 2.75) is 26.3 Å². The lowest BCUT2D eigenvalue weighted by Crippen LogP contribution is -2.48. The van der Waals surface area contributed by atoms with Crippen LogP contribution in [0.15, 0.2) is 34.7 Å². The molecule has 1 aromatic heterocycles. The van der Waals surface area contributed by atoms with Crippen molar-refractivity contribution in [3.63, 3.8) is 0 Å². The van der Waals surface area contributed by atoms with Crippen LogP contribution in [0.2, 0.25) is 0 Å². The van der Waals surface area contributed by atoms with Crippen molar-refractivity contribution in [3.05, 3.63) is 41.8 Å². The molecule has 20 heavy (non-hydrogen) atoms. The van der Waals surface area contributed by atoms with E-state index in [0.29, 0.717) is 18.1 Å². The van der Waals surface area contributed by atoms with E-state index >= 15 is 0 Å². The summed E-state index contributed by atoms with van der Waals surface area (Å²) in [6.45, 7) is 5.81. The van der Waals surface area contributed by atoms with E-state index in [9.17, 15) is 4.79 Å². The van der Waals surface area contributed by atoms with Crippen molar-refractivity contribution in [3.8, 4) is 11.5 Å². The van der Waals surface area contributed by atoms with Gasteiger partial charge in [-0.2, -0.15) is 0 Å². The van der Waals surface area contributed by atoms with Crippen LogP contribution in [0.25, 0.3) is 11.5 Å². The molecule has 2 aromatic rings. The third kappa shape index (κ3) is 3.05. The predicted octanol–water partition coefficient (Wildman–Crippen LogP) is 2.12. The number of hydrogen-bond acceptors (Lipinski definition) is 4. The average Bonchev–Trinajstić information content (AvgIpc) is 2.81. The second kappa shape index (κ2) is 5.46. The fourth-order valence-corrected chi connectivity index (χ4v) is 1.73. The first kappa shape index (κ1) is 14.3. The molecule has 0 unspecified atom stereocenters. The molecule has 0 saturated carbocycles. The monoisotopic (exact) mass is 273 g/mol. The number of oxazole rings is 1. The molecule has 0 aliphatic heterocycles. The van der Waals surface area contributed by atoms with Crippen LogP contribution in [-0.4, -0.2) is 23.0 Å². The first-order valence-corrected chi connectivity index (χ1v) is 6.48. The maximum absolute atomic E-state index is 12.2. The molecule has 0 fully saturated rings. The molecular formula is C15H19N3O2. The number of nitrogens with one attached hydrogen (secondary N) is 1. The first-order valence-electron chi connectivity index (χ1n) is 6.48. The number of carbonyl (C=O) groups excluding carboxylic acids is 1. The van der Waals surface area contributed by atoms with Crippen molar-refractivity contribution in [2.24, 2.45) is 5.73 Å². The van der Waals surface area contributed by atoms with E-state index in [1.54, 1.807) is 6.92 Å². The van der Waals surface area contributed by atoms with Gasteiger partial charge in [0.15, 0.2) is 0 Å². The highest BCUT2D eigenvalue weighted by molar-refractivity contribution is 5.93. The topological polar surface area (TPSA) is 81.2 Å². The summed E-state index contributed by atoms with van der Waals surface area (Å²) >= 11 is 0. The number of aryl methyl sites for hydroxylation is 1. The maximum Gasteiger partial charge on any atom is 0.289 e. The van der Waals surface area contributed by atoms with Crippen molar-refractivity contribution in [1.29, 1.82) is 0 Å². The maximum atomic E-state index is 12.2. The second-order valence-corrected chi connectivity index (χ2v) is 5.34. The van der Waals surface area contributed by atoms with Crippen molar-refractivity contribution < 1.29 is 9.21 Å². The summed E-state index contributed by atoms with van der Waals surface area (Å²) in [5.41, 5.74) is 6.53.